The number of halogens is 1. The molecule has 1 atom stereocenters. The molecule has 0 aliphatic carbocycles. The fourth-order valence-corrected chi connectivity index (χ4v) is 5.00. The van der Waals surface area contributed by atoms with Crippen LogP contribution in [0.25, 0.3) is 0 Å². The monoisotopic (exact) mass is 576 g/mol. The second kappa shape index (κ2) is 13.8. The fourth-order valence-electron chi connectivity index (χ4n) is 4.73. The van der Waals surface area contributed by atoms with E-state index in [-0.39, 0.29) is 23.2 Å². The van der Waals surface area contributed by atoms with Gasteiger partial charge in [-0.2, -0.15) is 0 Å². The molecule has 2 aromatic carbocycles. The molecule has 0 bridgehead atoms. The van der Waals surface area contributed by atoms with Crippen LogP contribution >= 0.6 is 11.6 Å². The van der Waals surface area contributed by atoms with Gasteiger partial charge in [0.2, 0.25) is 5.91 Å². The van der Waals surface area contributed by atoms with E-state index in [1.54, 1.807) is 35.0 Å². The number of carbonyl (C=O) groups excluding carboxylic acids is 2. The average molecular weight is 577 g/mol. The Balaban J connectivity index is 1.55. The number of benzene rings is 2. The molecule has 41 heavy (non-hydrogen) atoms. The molecule has 0 spiro atoms. The molecule has 1 unspecified atom stereocenters. The van der Waals surface area contributed by atoms with Crippen molar-refractivity contribution in [1.82, 2.24) is 14.1 Å². The van der Waals surface area contributed by atoms with Gasteiger partial charge in [0.05, 0.1) is 19.2 Å². The van der Waals surface area contributed by atoms with E-state index >= 15 is 0 Å². The number of hydrogen-bond donors (Lipinski definition) is 2. The summed E-state index contributed by atoms with van der Waals surface area (Å²) >= 11 is 6.32. The molecular weight excluding hydrogens is 544 g/mol. The fraction of sp³-hybridized carbons (Fsp3) is 0.290. The lowest BCUT2D eigenvalue weighted by molar-refractivity contribution is -0.136. The zero-order valence-electron chi connectivity index (χ0n) is 23.0. The standard InChI is InChI=1S/C31H33ClN4O5/c1-3-4-12-27-34-29(32)25(19-28(37)38)36(27)20-22-13-15-23(16-14-22)33-30(39)26(18-21-9-6-5-7-10-21)35-17-8-11-24(35)31(40)41-2/h5-11,13-17,26H,3-4,12,18-20H2,1-2H3,(H,33,39)(H,37,38). The molecule has 2 aromatic heterocycles. The van der Waals surface area contributed by atoms with Crippen molar-refractivity contribution < 1.29 is 24.2 Å². The molecule has 4 rings (SSSR count). The number of rotatable bonds is 13. The summed E-state index contributed by atoms with van der Waals surface area (Å²) < 4.78 is 8.42. The van der Waals surface area contributed by atoms with Gasteiger partial charge in [-0.25, -0.2) is 9.78 Å². The van der Waals surface area contributed by atoms with Crippen LogP contribution in [-0.2, 0) is 40.1 Å². The highest BCUT2D eigenvalue weighted by atomic mass is 35.5. The molecule has 2 N–H and O–H groups in total. The number of ether oxygens (including phenoxy) is 1. The maximum absolute atomic E-state index is 13.6. The van der Waals surface area contributed by atoms with E-state index in [4.69, 9.17) is 16.3 Å². The van der Waals surface area contributed by atoms with E-state index in [1.807, 2.05) is 47.0 Å². The van der Waals surface area contributed by atoms with Crippen molar-refractivity contribution in [3.8, 4) is 0 Å². The smallest absolute Gasteiger partial charge is 0.354 e. The molecular formula is C31H33ClN4O5. The van der Waals surface area contributed by atoms with Crippen molar-refractivity contribution in [1.29, 1.82) is 0 Å². The molecule has 0 saturated carbocycles. The number of carboxylic acid groups (broad SMARTS) is 1. The molecule has 0 fully saturated rings. The van der Waals surface area contributed by atoms with Crippen molar-refractivity contribution in [3.05, 3.63) is 106 Å². The number of anilines is 1. The van der Waals surface area contributed by atoms with E-state index < -0.39 is 18.0 Å². The van der Waals surface area contributed by atoms with Crippen LogP contribution in [0.4, 0.5) is 5.69 Å². The van der Waals surface area contributed by atoms with Crippen LogP contribution in [-0.4, -0.2) is 44.2 Å². The zero-order chi connectivity index (χ0) is 29.4. The van der Waals surface area contributed by atoms with Gasteiger partial charge in [0.25, 0.3) is 0 Å². The normalized spacial score (nSPS) is 11.7. The Morgan fingerprint density at radius 3 is 2.41 bits per heavy atom. The highest BCUT2D eigenvalue weighted by molar-refractivity contribution is 6.30. The molecule has 0 aliphatic rings. The second-order valence-electron chi connectivity index (χ2n) is 9.71. The maximum Gasteiger partial charge on any atom is 0.354 e. The molecule has 214 valence electrons. The van der Waals surface area contributed by atoms with E-state index in [2.05, 4.69) is 17.2 Å². The SMILES string of the molecule is CCCCc1nc(Cl)c(CC(=O)O)n1Cc1ccc(NC(=O)C(Cc2ccccc2)n2cccc2C(=O)OC)cc1. The predicted molar refractivity (Wildman–Crippen MR) is 156 cm³/mol. The van der Waals surface area contributed by atoms with Gasteiger partial charge in [0.1, 0.15) is 17.6 Å². The molecule has 0 aliphatic heterocycles. The summed E-state index contributed by atoms with van der Waals surface area (Å²) in [4.78, 5) is 41.8. The van der Waals surface area contributed by atoms with Crippen LogP contribution in [0.1, 0.15) is 58.9 Å². The zero-order valence-corrected chi connectivity index (χ0v) is 23.8. The van der Waals surface area contributed by atoms with Crippen molar-refractivity contribution in [2.75, 3.05) is 12.4 Å². The van der Waals surface area contributed by atoms with Gasteiger partial charge in [-0.1, -0.05) is 67.4 Å². The summed E-state index contributed by atoms with van der Waals surface area (Å²) in [6.45, 7) is 2.48. The number of unbranched alkanes of at least 4 members (excludes halogenated alkanes) is 1. The number of esters is 1. The lowest BCUT2D eigenvalue weighted by Crippen LogP contribution is -2.29. The molecule has 0 radical (unpaired) electrons. The number of methoxy groups -OCH3 is 1. The van der Waals surface area contributed by atoms with Crippen LogP contribution in [0.5, 0.6) is 0 Å². The van der Waals surface area contributed by atoms with Crippen molar-refractivity contribution in [3.63, 3.8) is 0 Å². The van der Waals surface area contributed by atoms with Gasteiger partial charge in [-0.15, -0.1) is 0 Å². The van der Waals surface area contributed by atoms with Crippen LogP contribution in [0.15, 0.2) is 72.9 Å². The van der Waals surface area contributed by atoms with Crippen molar-refractivity contribution >= 4 is 35.1 Å². The second-order valence-corrected chi connectivity index (χ2v) is 10.1. The van der Waals surface area contributed by atoms with E-state index in [9.17, 15) is 19.5 Å². The lowest BCUT2D eigenvalue weighted by Gasteiger charge is -2.21. The number of aryl methyl sites for hydroxylation is 1. The third-order valence-electron chi connectivity index (χ3n) is 6.82. The van der Waals surface area contributed by atoms with Crippen LogP contribution in [0, 0.1) is 0 Å². The molecule has 10 heteroatoms. The summed E-state index contributed by atoms with van der Waals surface area (Å²) in [5.74, 6) is -1.03. The van der Waals surface area contributed by atoms with Gasteiger partial charge in [-0.3, -0.25) is 9.59 Å². The number of aliphatic carboxylic acids is 1. The summed E-state index contributed by atoms with van der Waals surface area (Å²) in [6, 6.07) is 19.6. The predicted octanol–water partition coefficient (Wildman–Crippen LogP) is 5.57. The number of carboxylic acids is 1. The molecule has 0 saturated heterocycles. The Morgan fingerprint density at radius 2 is 1.76 bits per heavy atom. The molecule has 9 nitrogen and oxygen atoms in total. The quantitative estimate of drug-likeness (QED) is 0.201. The largest absolute Gasteiger partial charge is 0.481 e. The topological polar surface area (TPSA) is 115 Å². The Bertz CT molecular complexity index is 1490. The molecule has 4 aromatic rings. The maximum atomic E-state index is 13.6. The Labute approximate surface area is 243 Å². The minimum absolute atomic E-state index is 0.211. The van der Waals surface area contributed by atoms with Gasteiger partial charge >= 0.3 is 11.9 Å². The Morgan fingerprint density at radius 1 is 1.02 bits per heavy atom. The average Bonchev–Trinajstić information content (AvgIpc) is 3.56. The van der Waals surface area contributed by atoms with Crippen molar-refractivity contribution in [2.24, 2.45) is 0 Å². The minimum atomic E-state index is -0.976. The Kier molecular flexibility index (Phi) is 9.97. The summed E-state index contributed by atoms with van der Waals surface area (Å²) in [7, 11) is 1.31. The minimum Gasteiger partial charge on any atom is -0.481 e. The number of nitrogens with one attached hydrogen (secondary N) is 1. The number of hydrogen-bond acceptors (Lipinski definition) is 5. The number of nitrogens with zero attached hydrogens (tertiary/aromatic N) is 3. The highest BCUT2D eigenvalue weighted by Crippen LogP contribution is 2.24. The first-order chi connectivity index (χ1) is 19.8. The van der Waals surface area contributed by atoms with Crippen LogP contribution < -0.4 is 5.32 Å². The number of amides is 1. The van der Waals surface area contributed by atoms with Crippen LogP contribution in [0.3, 0.4) is 0 Å². The third-order valence-corrected chi connectivity index (χ3v) is 7.12. The summed E-state index contributed by atoms with van der Waals surface area (Å²) in [5, 5.41) is 12.6. The number of carbonyl (C=O) groups is 3. The van der Waals surface area contributed by atoms with Gasteiger partial charge < -0.3 is 24.3 Å². The van der Waals surface area contributed by atoms with Crippen molar-refractivity contribution in [2.45, 2.75) is 51.6 Å². The molecule has 1 amide bonds. The Hall–Kier alpha value is -4.37. The highest BCUT2D eigenvalue weighted by Gasteiger charge is 2.25. The van der Waals surface area contributed by atoms with Gasteiger partial charge in [-0.05, 0) is 41.8 Å². The van der Waals surface area contributed by atoms with Gasteiger partial charge in [0.15, 0.2) is 5.15 Å². The summed E-state index contributed by atoms with van der Waals surface area (Å²) in [6.07, 6.45) is 4.43. The first-order valence-electron chi connectivity index (χ1n) is 13.4. The van der Waals surface area contributed by atoms with Crippen LogP contribution in [0.2, 0.25) is 5.15 Å². The lowest BCUT2D eigenvalue weighted by atomic mass is 10.0. The first-order valence-corrected chi connectivity index (χ1v) is 13.8. The summed E-state index contributed by atoms with van der Waals surface area (Å²) in [5.41, 5.74) is 3.20. The van der Waals surface area contributed by atoms with E-state index in [1.165, 1.54) is 7.11 Å². The third kappa shape index (κ3) is 7.43. The molecule has 2 heterocycles. The van der Waals surface area contributed by atoms with E-state index in [0.717, 1.165) is 29.8 Å². The number of aromatic nitrogens is 3. The first kappa shape index (κ1) is 29.6. The van der Waals surface area contributed by atoms with Gasteiger partial charge in [0, 0.05) is 31.3 Å². The number of imidazole rings is 1. The van der Waals surface area contributed by atoms with E-state index in [0.29, 0.717) is 30.8 Å².